The first-order chi connectivity index (χ1) is 13.5. The first kappa shape index (κ1) is 26.2. The lowest BCUT2D eigenvalue weighted by Crippen LogP contribution is -2.28. The summed E-state index contributed by atoms with van der Waals surface area (Å²) in [5.74, 6) is 0.0552. The predicted molar refractivity (Wildman–Crippen MR) is 108 cm³/mol. The Morgan fingerprint density at radius 1 is 0.786 bits per heavy atom. The van der Waals surface area contributed by atoms with Gasteiger partial charge >= 0.3 is 18.0 Å². The summed E-state index contributed by atoms with van der Waals surface area (Å²) in [6, 6.07) is 0. The van der Waals surface area contributed by atoms with Gasteiger partial charge in [-0.1, -0.05) is 40.0 Å². The molecule has 1 atom stereocenters. The molecule has 1 N–H and O–H groups in total. The van der Waals surface area contributed by atoms with Gasteiger partial charge in [0.25, 0.3) is 0 Å². The number of unbranched alkanes of at least 4 members (excludes halogenated alkanes) is 3. The van der Waals surface area contributed by atoms with E-state index in [4.69, 9.17) is 14.2 Å². The van der Waals surface area contributed by atoms with E-state index in [1.165, 1.54) is 6.42 Å². The van der Waals surface area contributed by atoms with E-state index in [1.807, 2.05) is 6.92 Å². The second-order valence-electron chi connectivity index (χ2n) is 6.94. The van der Waals surface area contributed by atoms with Crippen LogP contribution in [-0.2, 0) is 23.8 Å². The molecule has 0 aliphatic rings. The molecule has 0 aliphatic heterocycles. The van der Waals surface area contributed by atoms with E-state index in [0.29, 0.717) is 38.4 Å². The number of rotatable bonds is 17. The van der Waals surface area contributed by atoms with Gasteiger partial charge in [0.1, 0.15) is 6.61 Å². The fourth-order valence-corrected chi connectivity index (χ4v) is 2.54. The van der Waals surface area contributed by atoms with Crippen molar-refractivity contribution in [2.24, 2.45) is 5.92 Å². The molecule has 0 aromatic rings. The monoisotopic (exact) mass is 401 g/mol. The number of alkyl carbamates (subject to hydrolysis) is 1. The Labute approximate surface area is 169 Å². The molecule has 7 nitrogen and oxygen atoms in total. The molecular weight excluding hydrogens is 362 g/mol. The van der Waals surface area contributed by atoms with Crippen LogP contribution in [0.15, 0.2) is 0 Å². The fourth-order valence-electron chi connectivity index (χ4n) is 2.54. The van der Waals surface area contributed by atoms with Crippen molar-refractivity contribution < 1.29 is 28.6 Å². The molecule has 0 aliphatic carbocycles. The van der Waals surface area contributed by atoms with Gasteiger partial charge in [0, 0.05) is 12.8 Å². The Bertz CT molecular complexity index is 427. The minimum atomic E-state index is -0.524. The number of carbonyl (C=O) groups excluding carboxylic acids is 3. The van der Waals surface area contributed by atoms with Gasteiger partial charge in [-0.25, -0.2) is 4.79 Å². The maximum absolute atomic E-state index is 11.8. The highest BCUT2D eigenvalue weighted by molar-refractivity contribution is 5.69. The highest BCUT2D eigenvalue weighted by atomic mass is 16.6. The predicted octanol–water partition coefficient (Wildman–Crippen LogP) is 4.38. The van der Waals surface area contributed by atoms with Crippen molar-refractivity contribution in [1.29, 1.82) is 0 Å². The Morgan fingerprint density at radius 3 is 2.21 bits per heavy atom. The Morgan fingerprint density at radius 2 is 1.54 bits per heavy atom. The average Bonchev–Trinajstić information content (AvgIpc) is 2.68. The van der Waals surface area contributed by atoms with Crippen LogP contribution in [-0.4, -0.2) is 44.4 Å². The van der Waals surface area contributed by atoms with Crippen LogP contribution in [0.3, 0.4) is 0 Å². The number of ether oxygens (including phenoxy) is 3. The number of carbonyl (C=O) groups is 3. The Hall–Kier alpha value is -1.79. The van der Waals surface area contributed by atoms with E-state index < -0.39 is 6.09 Å². The van der Waals surface area contributed by atoms with Crippen molar-refractivity contribution in [3.63, 3.8) is 0 Å². The summed E-state index contributed by atoms with van der Waals surface area (Å²) in [7, 11) is 0. The normalized spacial score (nSPS) is 11.5. The van der Waals surface area contributed by atoms with Crippen LogP contribution < -0.4 is 5.32 Å². The summed E-state index contributed by atoms with van der Waals surface area (Å²) >= 11 is 0. The largest absolute Gasteiger partial charge is 0.465 e. The van der Waals surface area contributed by atoms with Gasteiger partial charge in [0.05, 0.1) is 19.8 Å². The summed E-state index contributed by atoms with van der Waals surface area (Å²) in [5.41, 5.74) is 0. The van der Waals surface area contributed by atoms with Crippen LogP contribution >= 0.6 is 0 Å². The van der Waals surface area contributed by atoms with Crippen LogP contribution in [0, 0.1) is 5.92 Å². The lowest BCUT2D eigenvalue weighted by atomic mass is 10.0. The van der Waals surface area contributed by atoms with Crippen LogP contribution in [0.2, 0.25) is 0 Å². The lowest BCUT2D eigenvalue weighted by Gasteiger charge is -2.14. The fraction of sp³-hybridized carbons (Fsp3) is 0.857. The Balaban J connectivity index is 3.53. The van der Waals surface area contributed by atoms with Crippen molar-refractivity contribution in [1.82, 2.24) is 5.32 Å². The quantitative estimate of drug-likeness (QED) is 0.221. The van der Waals surface area contributed by atoms with Gasteiger partial charge in [0.2, 0.25) is 0 Å². The Kier molecular flexibility index (Phi) is 17.4. The van der Waals surface area contributed by atoms with E-state index >= 15 is 0 Å². The smallest absolute Gasteiger partial charge is 0.407 e. The van der Waals surface area contributed by atoms with Crippen molar-refractivity contribution in [3.05, 3.63) is 0 Å². The van der Waals surface area contributed by atoms with E-state index in [2.05, 4.69) is 19.2 Å². The number of nitrogens with one attached hydrogen (secondary N) is 1. The van der Waals surface area contributed by atoms with Crippen LogP contribution in [0.25, 0.3) is 0 Å². The molecular formula is C21H39NO6. The minimum absolute atomic E-state index is 0.146. The molecule has 0 saturated heterocycles. The van der Waals surface area contributed by atoms with Gasteiger partial charge in [-0.3, -0.25) is 9.59 Å². The van der Waals surface area contributed by atoms with Gasteiger partial charge in [-0.2, -0.15) is 0 Å². The molecule has 0 bridgehead atoms. The molecule has 164 valence electrons. The highest BCUT2D eigenvalue weighted by Gasteiger charge is 2.10. The third-order valence-corrected chi connectivity index (χ3v) is 4.37. The number of amides is 1. The molecule has 0 fully saturated rings. The zero-order valence-electron chi connectivity index (χ0n) is 17.9. The van der Waals surface area contributed by atoms with Crippen LogP contribution in [0.1, 0.15) is 85.0 Å². The van der Waals surface area contributed by atoms with Gasteiger partial charge in [0.15, 0.2) is 0 Å². The summed E-state index contributed by atoms with van der Waals surface area (Å²) in [6.07, 6.45) is 7.70. The summed E-state index contributed by atoms with van der Waals surface area (Å²) < 4.78 is 15.3. The average molecular weight is 402 g/mol. The third kappa shape index (κ3) is 16.4. The standard InChI is InChI=1S/C21H39NO6/c1-4-7-12-18(6-3)17-28-20(24)13-9-8-10-15-27-21(25)22-14-16-26-19(23)11-5-2/h18H,4-17H2,1-3H3,(H,22,25). The molecule has 0 aromatic heterocycles. The van der Waals surface area contributed by atoms with Gasteiger partial charge in [-0.05, 0) is 38.0 Å². The van der Waals surface area contributed by atoms with Crippen LogP contribution in [0.5, 0.6) is 0 Å². The molecule has 1 amide bonds. The molecule has 28 heavy (non-hydrogen) atoms. The maximum Gasteiger partial charge on any atom is 0.407 e. The van der Waals surface area contributed by atoms with Crippen LogP contribution in [0.4, 0.5) is 4.79 Å². The molecule has 1 unspecified atom stereocenters. The second-order valence-corrected chi connectivity index (χ2v) is 6.94. The first-order valence-corrected chi connectivity index (χ1v) is 10.7. The lowest BCUT2D eigenvalue weighted by molar-refractivity contribution is -0.145. The van der Waals surface area contributed by atoms with Crippen molar-refractivity contribution in [2.45, 2.75) is 85.0 Å². The SMILES string of the molecule is CCCCC(CC)COC(=O)CCCCCOC(=O)NCCOC(=O)CCC. The first-order valence-electron chi connectivity index (χ1n) is 10.7. The van der Waals surface area contributed by atoms with Gasteiger partial charge < -0.3 is 19.5 Å². The number of esters is 2. The molecule has 0 aromatic carbocycles. The second kappa shape index (κ2) is 18.6. The molecule has 0 spiro atoms. The summed E-state index contributed by atoms with van der Waals surface area (Å²) in [6.45, 7) is 7.39. The molecule has 0 saturated carbocycles. The summed E-state index contributed by atoms with van der Waals surface area (Å²) in [5, 5.41) is 2.52. The van der Waals surface area contributed by atoms with E-state index in [1.54, 1.807) is 0 Å². The van der Waals surface area contributed by atoms with Crippen molar-refractivity contribution >= 4 is 18.0 Å². The molecule has 0 heterocycles. The summed E-state index contributed by atoms with van der Waals surface area (Å²) in [4.78, 5) is 34.4. The van der Waals surface area contributed by atoms with Crippen molar-refractivity contribution in [2.75, 3.05) is 26.4 Å². The number of hydrogen-bond acceptors (Lipinski definition) is 6. The zero-order valence-corrected chi connectivity index (χ0v) is 17.9. The van der Waals surface area contributed by atoms with Gasteiger partial charge in [-0.15, -0.1) is 0 Å². The van der Waals surface area contributed by atoms with Crippen molar-refractivity contribution in [3.8, 4) is 0 Å². The van der Waals surface area contributed by atoms with E-state index in [-0.39, 0.29) is 25.1 Å². The topological polar surface area (TPSA) is 90.9 Å². The third-order valence-electron chi connectivity index (χ3n) is 4.37. The zero-order chi connectivity index (χ0) is 21.0. The molecule has 0 rings (SSSR count). The maximum atomic E-state index is 11.8. The van der Waals surface area contributed by atoms with E-state index in [0.717, 1.165) is 38.5 Å². The van der Waals surface area contributed by atoms with E-state index in [9.17, 15) is 14.4 Å². The molecule has 0 radical (unpaired) electrons. The number of hydrogen-bond donors (Lipinski definition) is 1. The molecule has 7 heteroatoms. The minimum Gasteiger partial charge on any atom is -0.465 e. The highest BCUT2D eigenvalue weighted by Crippen LogP contribution is 2.13.